The van der Waals surface area contributed by atoms with Crippen molar-refractivity contribution < 1.29 is 24.3 Å². The molecule has 180 valence electrons. The Morgan fingerprint density at radius 2 is 1.82 bits per heavy atom. The zero-order valence-electron chi connectivity index (χ0n) is 19.7. The van der Waals surface area contributed by atoms with Crippen LogP contribution in [0.2, 0.25) is 0 Å². The van der Waals surface area contributed by atoms with Crippen LogP contribution in [0.4, 0.5) is 0 Å². The van der Waals surface area contributed by atoms with E-state index in [4.69, 9.17) is 0 Å². The summed E-state index contributed by atoms with van der Waals surface area (Å²) in [6, 6.07) is 9.37. The standard InChI is InChI=1S/C26H31N3O5/c1-26(2,3)22(28-23(31)16-7-5-4-6-8-16)24(32)27-18-10-9-15-11-12-29-14-17(25(33)34)13-19(30)20(18)21(15)29/h4-8,11-12,17-18,20,22H,9-10,13-14H2,1-3H3,(H,27,32)(H,28,31)(H,33,34)/t17-,18-,20?,22?/m0/s1. The van der Waals surface area contributed by atoms with Crippen LogP contribution in [0, 0.1) is 11.3 Å². The molecule has 4 rings (SSSR count). The molecule has 0 saturated carbocycles. The van der Waals surface area contributed by atoms with Crippen LogP contribution in [-0.4, -0.2) is 45.3 Å². The van der Waals surface area contributed by atoms with Crippen LogP contribution in [0.3, 0.4) is 0 Å². The summed E-state index contributed by atoms with van der Waals surface area (Å²) in [7, 11) is 0. The molecule has 0 fully saturated rings. The van der Waals surface area contributed by atoms with Crippen molar-refractivity contribution in [3.63, 3.8) is 0 Å². The number of rotatable bonds is 5. The number of carboxylic acids is 1. The molecule has 1 aliphatic carbocycles. The number of amides is 2. The summed E-state index contributed by atoms with van der Waals surface area (Å²) in [4.78, 5) is 51.2. The summed E-state index contributed by atoms with van der Waals surface area (Å²) in [5.41, 5.74) is 1.73. The van der Waals surface area contributed by atoms with Gasteiger partial charge in [0.15, 0.2) is 0 Å². The zero-order chi connectivity index (χ0) is 24.6. The van der Waals surface area contributed by atoms with Gasteiger partial charge in [0.2, 0.25) is 5.91 Å². The topological polar surface area (TPSA) is 118 Å². The number of benzene rings is 1. The molecule has 2 aromatic rings. The molecule has 1 aromatic heterocycles. The first kappa shape index (κ1) is 23.7. The van der Waals surface area contributed by atoms with E-state index >= 15 is 0 Å². The number of carboxylic acid groups (broad SMARTS) is 1. The molecule has 2 aliphatic rings. The Labute approximate surface area is 198 Å². The maximum atomic E-state index is 13.5. The number of nitrogens with one attached hydrogen (secondary N) is 2. The van der Waals surface area contributed by atoms with Crippen molar-refractivity contribution in [2.75, 3.05) is 0 Å². The number of carbonyl (C=O) groups excluding carboxylic acids is 3. The molecule has 8 heteroatoms. The molecule has 0 saturated heterocycles. The largest absolute Gasteiger partial charge is 0.481 e. The van der Waals surface area contributed by atoms with E-state index in [9.17, 15) is 24.3 Å². The Hall–Kier alpha value is -3.42. The molecule has 0 bridgehead atoms. The van der Waals surface area contributed by atoms with Gasteiger partial charge < -0.3 is 20.3 Å². The maximum Gasteiger partial charge on any atom is 0.308 e. The third kappa shape index (κ3) is 4.62. The van der Waals surface area contributed by atoms with Crippen LogP contribution >= 0.6 is 0 Å². The van der Waals surface area contributed by atoms with E-state index in [1.54, 1.807) is 24.3 Å². The van der Waals surface area contributed by atoms with Gasteiger partial charge in [-0.2, -0.15) is 0 Å². The zero-order valence-corrected chi connectivity index (χ0v) is 19.7. The number of aryl methyl sites for hydroxylation is 1. The number of ketones is 1. The minimum absolute atomic E-state index is 0.0685. The Morgan fingerprint density at radius 1 is 1.12 bits per heavy atom. The van der Waals surface area contributed by atoms with Gasteiger partial charge in [0.05, 0.1) is 11.8 Å². The number of Topliss-reactive ketones (excluding diaryl/α,β-unsaturated/α-hetero) is 1. The van der Waals surface area contributed by atoms with Gasteiger partial charge in [-0.25, -0.2) is 0 Å². The number of aliphatic carboxylic acids is 1. The molecular weight excluding hydrogens is 434 g/mol. The molecule has 0 radical (unpaired) electrons. The second-order valence-corrected chi connectivity index (χ2v) is 10.4. The Bertz CT molecular complexity index is 1120. The van der Waals surface area contributed by atoms with Crippen LogP contribution in [0.25, 0.3) is 0 Å². The molecule has 3 N–H and O–H groups in total. The minimum atomic E-state index is -0.994. The van der Waals surface area contributed by atoms with Crippen molar-refractivity contribution in [3.05, 3.63) is 59.4 Å². The van der Waals surface area contributed by atoms with E-state index in [0.717, 1.165) is 11.3 Å². The molecular formula is C26H31N3O5. The fraction of sp³-hybridized carbons (Fsp3) is 0.462. The van der Waals surface area contributed by atoms with Crippen LogP contribution in [0.5, 0.6) is 0 Å². The van der Waals surface area contributed by atoms with Gasteiger partial charge in [-0.05, 0) is 42.0 Å². The first-order valence-corrected chi connectivity index (χ1v) is 11.7. The van der Waals surface area contributed by atoms with Gasteiger partial charge in [0.25, 0.3) is 5.91 Å². The summed E-state index contributed by atoms with van der Waals surface area (Å²) in [5, 5.41) is 15.5. The predicted octanol–water partition coefficient (Wildman–Crippen LogP) is 2.52. The number of hydrogen-bond acceptors (Lipinski definition) is 4. The van der Waals surface area contributed by atoms with Gasteiger partial charge in [0.1, 0.15) is 11.8 Å². The van der Waals surface area contributed by atoms with Crippen LogP contribution < -0.4 is 10.6 Å². The van der Waals surface area contributed by atoms with Crippen molar-refractivity contribution in [1.82, 2.24) is 15.2 Å². The lowest BCUT2D eigenvalue weighted by Crippen LogP contribution is -2.57. The highest BCUT2D eigenvalue weighted by Crippen LogP contribution is 2.38. The molecule has 2 unspecified atom stereocenters. The lowest BCUT2D eigenvalue weighted by Gasteiger charge is -2.36. The Morgan fingerprint density at radius 3 is 2.47 bits per heavy atom. The Kier molecular flexibility index (Phi) is 6.34. The fourth-order valence-corrected chi connectivity index (χ4v) is 5.06. The number of hydrogen-bond donors (Lipinski definition) is 3. The second kappa shape index (κ2) is 9.08. The third-order valence-corrected chi connectivity index (χ3v) is 6.84. The summed E-state index contributed by atoms with van der Waals surface area (Å²) in [6.45, 7) is 5.87. The lowest BCUT2D eigenvalue weighted by molar-refractivity contribution is -0.144. The molecule has 8 nitrogen and oxygen atoms in total. The van der Waals surface area contributed by atoms with Crippen LogP contribution in [-0.2, 0) is 27.3 Å². The first-order chi connectivity index (χ1) is 16.1. The van der Waals surface area contributed by atoms with Crippen molar-refractivity contribution in [3.8, 4) is 0 Å². The SMILES string of the molecule is CC(C)(C)C(NC(=O)c1ccccc1)C(=O)N[C@H]1CCc2ccn3c2C1C(=O)C[C@H](C(=O)O)C3. The molecule has 2 heterocycles. The van der Waals surface area contributed by atoms with Gasteiger partial charge in [-0.15, -0.1) is 0 Å². The first-order valence-electron chi connectivity index (χ1n) is 11.7. The normalized spacial score (nSPS) is 22.8. The van der Waals surface area contributed by atoms with Crippen LogP contribution in [0.1, 0.15) is 61.1 Å². The van der Waals surface area contributed by atoms with Gasteiger partial charge in [-0.3, -0.25) is 19.2 Å². The second-order valence-electron chi connectivity index (χ2n) is 10.4. The highest BCUT2D eigenvalue weighted by atomic mass is 16.4. The summed E-state index contributed by atoms with van der Waals surface area (Å²) in [5.74, 6) is -3.25. The molecule has 4 atom stereocenters. The van der Waals surface area contributed by atoms with E-state index < -0.39 is 35.3 Å². The molecule has 34 heavy (non-hydrogen) atoms. The number of carbonyl (C=O) groups is 4. The average molecular weight is 466 g/mol. The highest BCUT2D eigenvalue weighted by Gasteiger charge is 2.43. The van der Waals surface area contributed by atoms with Gasteiger partial charge in [-0.1, -0.05) is 39.0 Å². The summed E-state index contributed by atoms with van der Waals surface area (Å²) < 4.78 is 1.86. The van der Waals surface area contributed by atoms with Crippen LogP contribution in [0.15, 0.2) is 42.6 Å². The predicted molar refractivity (Wildman–Crippen MR) is 125 cm³/mol. The van der Waals surface area contributed by atoms with Gasteiger partial charge in [0, 0.05) is 36.5 Å². The highest BCUT2D eigenvalue weighted by molar-refractivity contribution is 5.98. The minimum Gasteiger partial charge on any atom is -0.481 e. The lowest BCUT2D eigenvalue weighted by atomic mass is 9.78. The van der Waals surface area contributed by atoms with E-state index in [1.165, 1.54) is 0 Å². The third-order valence-electron chi connectivity index (χ3n) is 6.84. The average Bonchev–Trinajstić information content (AvgIpc) is 3.11. The van der Waals surface area contributed by atoms with E-state index in [1.807, 2.05) is 43.7 Å². The quantitative estimate of drug-likeness (QED) is 0.627. The Balaban J connectivity index is 1.57. The van der Waals surface area contributed by atoms with E-state index in [2.05, 4.69) is 10.6 Å². The van der Waals surface area contributed by atoms with Crippen molar-refractivity contribution in [2.24, 2.45) is 11.3 Å². The molecule has 1 aliphatic heterocycles. The fourth-order valence-electron chi connectivity index (χ4n) is 5.06. The van der Waals surface area contributed by atoms with E-state index in [0.29, 0.717) is 18.4 Å². The number of aromatic nitrogens is 1. The summed E-state index contributed by atoms with van der Waals surface area (Å²) in [6.07, 6.45) is 3.03. The summed E-state index contributed by atoms with van der Waals surface area (Å²) >= 11 is 0. The molecule has 1 aromatic carbocycles. The smallest absolute Gasteiger partial charge is 0.308 e. The van der Waals surface area contributed by atoms with Crippen molar-refractivity contribution in [2.45, 2.75) is 64.6 Å². The molecule has 2 amide bonds. The van der Waals surface area contributed by atoms with Crippen molar-refractivity contribution in [1.29, 1.82) is 0 Å². The van der Waals surface area contributed by atoms with Crippen molar-refractivity contribution >= 4 is 23.6 Å². The van der Waals surface area contributed by atoms with E-state index in [-0.39, 0.29) is 30.6 Å². The maximum absolute atomic E-state index is 13.5. The molecule has 0 spiro atoms. The van der Waals surface area contributed by atoms with Gasteiger partial charge >= 0.3 is 5.97 Å². The monoisotopic (exact) mass is 465 g/mol. The number of nitrogens with zero attached hydrogens (tertiary/aromatic N) is 1.